The molecule has 1 saturated heterocycles. The molecule has 1 fully saturated rings. The van der Waals surface area contributed by atoms with E-state index in [1.165, 1.54) is 4.90 Å². The fraction of sp³-hybridized carbons (Fsp3) is 0.348. The van der Waals surface area contributed by atoms with Crippen LogP contribution in [0, 0.1) is 0 Å². The number of benzene rings is 1. The molecule has 1 aliphatic heterocycles. The van der Waals surface area contributed by atoms with Crippen LogP contribution in [0.3, 0.4) is 0 Å². The molecule has 7 heteroatoms. The van der Waals surface area contributed by atoms with E-state index >= 15 is 0 Å². The van der Waals surface area contributed by atoms with Crippen LogP contribution in [-0.2, 0) is 14.3 Å². The molecule has 0 aliphatic carbocycles. The predicted octanol–water partition coefficient (Wildman–Crippen LogP) is 3.33. The van der Waals surface area contributed by atoms with Gasteiger partial charge in [-0.2, -0.15) is 0 Å². The number of aromatic nitrogens is 1. The lowest BCUT2D eigenvalue weighted by atomic mass is 9.96. The summed E-state index contributed by atoms with van der Waals surface area (Å²) in [6.45, 7) is 4.63. The number of aliphatic hydroxyl groups is 1. The van der Waals surface area contributed by atoms with Crippen molar-refractivity contribution in [3.8, 4) is 5.75 Å². The van der Waals surface area contributed by atoms with Crippen molar-refractivity contribution in [2.75, 3.05) is 20.3 Å². The molecule has 2 aromatic rings. The second kappa shape index (κ2) is 9.54. The summed E-state index contributed by atoms with van der Waals surface area (Å²) in [7, 11) is 1.58. The summed E-state index contributed by atoms with van der Waals surface area (Å²) in [5, 5.41) is 11.0. The Morgan fingerprint density at radius 3 is 2.53 bits per heavy atom. The van der Waals surface area contributed by atoms with Gasteiger partial charge < -0.3 is 19.5 Å². The second-order valence-electron chi connectivity index (χ2n) is 7.32. The summed E-state index contributed by atoms with van der Waals surface area (Å²) in [4.78, 5) is 31.2. The van der Waals surface area contributed by atoms with Crippen LogP contribution in [-0.4, -0.2) is 53.0 Å². The van der Waals surface area contributed by atoms with Gasteiger partial charge in [-0.15, -0.1) is 0 Å². The molecule has 3 rings (SSSR count). The maximum absolute atomic E-state index is 12.9. The van der Waals surface area contributed by atoms with Gasteiger partial charge in [0.05, 0.1) is 17.7 Å². The minimum atomic E-state index is -0.707. The zero-order valence-electron chi connectivity index (χ0n) is 17.4. The first kappa shape index (κ1) is 21.5. The molecule has 1 N–H and O–H groups in total. The highest BCUT2D eigenvalue weighted by atomic mass is 16.5. The average Bonchev–Trinajstić information content (AvgIpc) is 2.99. The summed E-state index contributed by atoms with van der Waals surface area (Å²) < 4.78 is 10.7. The number of Topliss-reactive ketones (excluding diaryl/α,β-unsaturated/α-hetero) is 1. The fourth-order valence-electron chi connectivity index (χ4n) is 3.49. The lowest BCUT2D eigenvalue weighted by Gasteiger charge is -2.25. The minimum absolute atomic E-state index is 0.0208. The Bertz CT molecular complexity index is 922. The number of ether oxygens (including phenoxy) is 2. The quantitative estimate of drug-likeness (QED) is 0.311. The van der Waals surface area contributed by atoms with E-state index in [1.807, 2.05) is 13.8 Å². The molecular formula is C23H26N2O5. The first-order valence-electron chi connectivity index (χ1n) is 9.88. The first-order valence-corrected chi connectivity index (χ1v) is 9.88. The van der Waals surface area contributed by atoms with Gasteiger partial charge in [0.2, 0.25) is 0 Å². The molecule has 30 heavy (non-hydrogen) atoms. The molecule has 2 heterocycles. The van der Waals surface area contributed by atoms with Gasteiger partial charge in [-0.25, -0.2) is 0 Å². The number of carbonyl (C=O) groups is 2. The SMILES string of the molecule is COCCCN1C(=O)C(=O)/C(=C(\O)c2ccc(OC(C)C)cc2)C1c1cccnc1. The van der Waals surface area contributed by atoms with Crippen LogP contribution in [0.1, 0.15) is 37.4 Å². The predicted molar refractivity (Wildman–Crippen MR) is 112 cm³/mol. The number of likely N-dealkylation sites (tertiary alicyclic amines) is 1. The molecule has 0 saturated carbocycles. The maximum atomic E-state index is 12.9. The highest BCUT2D eigenvalue weighted by Crippen LogP contribution is 2.39. The van der Waals surface area contributed by atoms with Crippen molar-refractivity contribution in [3.63, 3.8) is 0 Å². The third-order valence-electron chi connectivity index (χ3n) is 4.79. The van der Waals surface area contributed by atoms with Crippen molar-refractivity contribution in [1.29, 1.82) is 0 Å². The Labute approximate surface area is 175 Å². The summed E-state index contributed by atoms with van der Waals surface area (Å²) in [5.41, 5.74) is 1.16. The largest absolute Gasteiger partial charge is 0.507 e. The molecule has 0 spiro atoms. The van der Waals surface area contributed by atoms with E-state index in [2.05, 4.69) is 4.98 Å². The van der Waals surface area contributed by atoms with Gasteiger partial charge in [-0.05, 0) is 56.2 Å². The van der Waals surface area contributed by atoms with Gasteiger partial charge >= 0.3 is 0 Å². The Kier molecular flexibility index (Phi) is 6.84. The zero-order valence-corrected chi connectivity index (χ0v) is 17.4. The fourth-order valence-corrected chi connectivity index (χ4v) is 3.49. The van der Waals surface area contributed by atoms with E-state index < -0.39 is 17.7 Å². The highest BCUT2D eigenvalue weighted by Gasteiger charge is 2.45. The number of hydrogen-bond acceptors (Lipinski definition) is 6. The monoisotopic (exact) mass is 410 g/mol. The smallest absolute Gasteiger partial charge is 0.295 e. The van der Waals surface area contributed by atoms with Gasteiger partial charge in [-0.3, -0.25) is 14.6 Å². The van der Waals surface area contributed by atoms with Gasteiger partial charge in [-0.1, -0.05) is 6.07 Å². The molecule has 0 bridgehead atoms. The van der Waals surface area contributed by atoms with E-state index in [1.54, 1.807) is 55.9 Å². The molecule has 158 valence electrons. The lowest BCUT2D eigenvalue weighted by molar-refractivity contribution is -0.140. The third kappa shape index (κ3) is 4.52. The van der Waals surface area contributed by atoms with E-state index in [4.69, 9.17) is 9.47 Å². The van der Waals surface area contributed by atoms with Crippen LogP contribution in [0.15, 0.2) is 54.4 Å². The molecule has 1 aliphatic rings. The number of methoxy groups -OCH3 is 1. The molecule has 1 atom stereocenters. The van der Waals surface area contributed by atoms with Gasteiger partial charge in [0.1, 0.15) is 11.5 Å². The Balaban J connectivity index is 2.02. The third-order valence-corrected chi connectivity index (χ3v) is 4.79. The van der Waals surface area contributed by atoms with Crippen LogP contribution in [0.2, 0.25) is 0 Å². The number of carbonyl (C=O) groups excluding carboxylic acids is 2. The Morgan fingerprint density at radius 2 is 1.93 bits per heavy atom. The van der Waals surface area contributed by atoms with Crippen LogP contribution >= 0.6 is 0 Å². The minimum Gasteiger partial charge on any atom is -0.507 e. The highest BCUT2D eigenvalue weighted by molar-refractivity contribution is 6.46. The number of rotatable bonds is 8. The number of hydrogen-bond donors (Lipinski definition) is 1. The zero-order chi connectivity index (χ0) is 21.7. The number of aliphatic hydroxyl groups excluding tert-OH is 1. The Hall–Kier alpha value is -3.19. The number of pyridine rings is 1. The Morgan fingerprint density at radius 1 is 1.20 bits per heavy atom. The molecule has 0 radical (unpaired) electrons. The standard InChI is InChI=1S/C23H26N2O5/c1-15(2)30-18-9-7-16(8-10-18)21(26)19-20(17-6-4-11-24-14-17)25(12-5-13-29-3)23(28)22(19)27/h4,6-11,14-15,20,26H,5,12-13H2,1-3H3/b21-19-. The van der Waals surface area contributed by atoms with Crippen molar-refractivity contribution in [3.05, 3.63) is 65.5 Å². The van der Waals surface area contributed by atoms with Crippen molar-refractivity contribution < 1.29 is 24.2 Å². The molecular weight excluding hydrogens is 384 g/mol. The van der Waals surface area contributed by atoms with E-state index in [9.17, 15) is 14.7 Å². The molecule has 1 amide bonds. The number of amides is 1. The average molecular weight is 410 g/mol. The summed E-state index contributed by atoms with van der Waals surface area (Å²) in [6, 6.07) is 9.62. The van der Waals surface area contributed by atoms with E-state index in [0.29, 0.717) is 36.4 Å². The van der Waals surface area contributed by atoms with Gasteiger partial charge in [0, 0.05) is 38.2 Å². The summed E-state index contributed by atoms with van der Waals surface area (Å²) in [5.74, 6) is -0.902. The van der Waals surface area contributed by atoms with Crippen molar-refractivity contribution >= 4 is 17.4 Å². The molecule has 1 aromatic heterocycles. The summed E-state index contributed by atoms with van der Waals surface area (Å²) >= 11 is 0. The van der Waals surface area contributed by atoms with Crippen LogP contribution in [0.4, 0.5) is 0 Å². The van der Waals surface area contributed by atoms with Crippen LogP contribution < -0.4 is 4.74 Å². The second-order valence-corrected chi connectivity index (χ2v) is 7.32. The van der Waals surface area contributed by atoms with E-state index in [0.717, 1.165) is 0 Å². The van der Waals surface area contributed by atoms with Crippen LogP contribution in [0.5, 0.6) is 5.75 Å². The van der Waals surface area contributed by atoms with Crippen molar-refractivity contribution in [2.24, 2.45) is 0 Å². The molecule has 1 aromatic carbocycles. The van der Waals surface area contributed by atoms with Crippen molar-refractivity contribution in [2.45, 2.75) is 32.4 Å². The summed E-state index contributed by atoms with van der Waals surface area (Å²) in [6.07, 6.45) is 3.81. The van der Waals surface area contributed by atoms with Gasteiger partial charge in [0.15, 0.2) is 0 Å². The molecule has 7 nitrogen and oxygen atoms in total. The topological polar surface area (TPSA) is 89.0 Å². The van der Waals surface area contributed by atoms with E-state index in [-0.39, 0.29) is 17.4 Å². The number of ketones is 1. The van der Waals surface area contributed by atoms with Gasteiger partial charge in [0.25, 0.3) is 11.7 Å². The lowest BCUT2D eigenvalue weighted by Crippen LogP contribution is -2.31. The van der Waals surface area contributed by atoms with Crippen LogP contribution in [0.25, 0.3) is 5.76 Å². The maximum Gasteiger partial charge on any atom is 0.295 e. The number of nitrogens with zero attached hydrogens (tertiary/aromatic N) is 2. The van der Waals surface area contributed by atoms with Crippen molar-refractivity contribution in [1.82, 2.24) is 9.88 Å². The molecule has 1 unspecified atom stereocenters. The normalized spacial score (nSPS) is 18.3. The first-order chi connectivity index (χ1) is 14.4.